The molecule has 1 aliphatic rings. The summed E-state index contributed by atoms with van der Waals surface area (Å²) in [5, 5.41) is 0. The van der Waals surface area contributed by atoms with Gasteiger partial charge in [0.25, 0.3) is 5.91 Å². The molecule has 0 aromatic heterocycles. The average Bonchev–Trinajstić information content (AvgIpc) is 3.09. The van der Waals surface area contributed by atoms with Crippen LogP contribution in [0.2, 0.25) is 0 Å². The molecule has 0 N–H and O–H groups in total. The summed E-state index contributed by atoms with van der Waals surface area (Å²) < 4.78 is 20.2. The number of hydrogen-bond donors (Lipinski definition) is 0. The molecule has 1 aliphatic heterocycles. The molecule has 0 saturated carbocycles. The molecule has 0 spiro atoms. The summed E-state index contributed by atoms with van der Waals surface area (Å²) in [5.41, 5.74) is 1.20. The molecule has 27 heavy (non-hydrogen) atoms. The molecule has 1 heterocycles. The average molecular weight is 435 g/mol. The van der Waals surface area contributed by atoms with Gasteiger partial charge in [0.2, 0.25) is 5.91 Å². The molecule has 3 rings (SSSR count). The third-order valence-electron chi connectivity index (χ3n) is 4.41. The van der Waals surface area contributed by atoms with Crippen LogP contribution in [0.25, 0.3) is 0 Å². The van der Waals surface area contributed by atoms with Gasteiger partial charge in [0.05, 0.1) is 0 Å². The number of nitrogens with zero attached hydrogens (tertiary/aromatic N) is 2. The zero-order valence-corrected chi connectivity index (χ0v) is 16.5. The quantitative estimate of drug-likeness (QED) is 0.695. The second-order valence-corrected chi connectivity index (χ2v) is 7.34. The second-order valence-electron chi connectivity index (χ2n) is 6.42. The van der Waals surface area contributed by atoms with Crippen LogP contribution in [0.4, 0.5) is 10.1 Å². The zero-order chi connectivity index (χ0) is 19.4. The van der Waals surface area contributed by atoms with Crippen LogP contribution < -0.4 is 9.64 Å². The molecular formula is C20H20BrFN2O3. The Labute approximate surface area is 165 Å². The number of amides is 2. The molecule has 7 heteroatoms. The highest BCUT2D eigenvalue weighted by atomic mass is 79.9. The number of anilines is 1. The molecule has 0 unspecified atom stereocenters. The van der Waals surface area contributed by atoms with Crippen molar-refractivity contribution in [2.75, 3.05) is 25.1 Å². The topological polar surface area (TPSA) is 49.9 Å². The van der Waals surface area contributed by atoms with Crippen molar-refractivity contribution in [1.82, 2.24) is 4.90 Å². The summed E-state index contributed by atoms with van der Waals surface area (Å²) in [7, 11) is 1.60. The number of rotatable bonds is 6. The van der Waals surface area contributed by atoms with E-state index in [4.69, 9.17) is 4.74 Å². The summed E-state index contributed by atoms with van der Waals surface area (Å²) in [6.07, 6.45) is 1.40. The van der Waals surface area contributed by atoms with Gasteiger partial charge in [0.15, 0.2) is 6.61 Å². The first kappa shape index (κ1) is 19.4. The number of hydrogen-bond acceptors (Lipinski definition) is 3. The lowest BCUT2D eigenvalue weighted by Gasteiger charge is -2.19. The van der Waals surface area contributed by atoms with Crippen LogP contribution in [-0.4, -0.2) is 36.9 Å². The largest absolute Gasteiger partial charge is 0.484 e. The van der Waals surface area contributed by atoms with Gasteiger partial charge in [0, 0.05) is 48.3 Å². The fraction of sp³-hybridized carbons (Fsp3) is 0.300. The maximum absolute atomic E-state index is 13.8. The van der Waals surface area contributed by atoms with E-state index in [1.165, 1.54) is 11.0 Å². The maximum atomic E-state index is 13.8. The highest BCUT2D eigenvalue weighted by Gasteiger charge is 2.22. The first-order chi connectivity index (χ1) is 12.9. The van der Waals surface area contributed by atoms with Crippen LogP contribution in [0, 0.1) is 5.82 Å². The Morgan fingerprint density at radius 1 is 1.30 bits per heavy atom. The van der Waals surface area contributed by atoms with E-state index < -0.39 is 0 Å². The number of ether oxygens (including phenoxy) is 1. The minimum Gasteiger partial charge on any atom is -0.484 e. The molecular weight excluding hydrogens is 415 g/mol. The van der Waals surface area contributed by atoms with E-state index in [1.54, 1.807) is 42.3 Å². The van der Waals surface area contributed by atoms with Gasteiger partial charge >= 0.3 is 0 Å². The van der Waals surface area contributed by atoms with Crippen LogP contribution in [0.5, 0.6) is 5.75 Å². The fourth-order valence-corrected chi connectivity index (χ4v) is 3.33. The normalized spacial score (nSPS) is 13.7. The van der Waals surface area contributed by atoms with Crippen molar-refractivity contribution in [1.29, 1.82) is 0 Å². The van der Waals surface area contributed by atoms with Crippen molar-refractivity contribution in [3.63, 3.8) is 0 Å². The lowest BCUT2D eigenvalue weighted by Crippen LogP contribution is -2.31. The Balaban J connectivity index is 1.58. The Bertz CT molecular complexity index is 859. The number of carbonyl (C=O) groups excluding carboxylic acids is 2. The molecule has 2 amide bonds. The first-order valence-corrected chi connectivity index (χ1v) is 9.44. The highest BCUT2D eigenvalue weighted by molar-refractivity contribution is 9.10. The van der Waals surface area contributed by atoms with Crippen molar-refractivity contribution >= 4 is 33.4 Å². The molecule has 2 aromatic carbocycles. The lowest BCUT2D eigenvalue weighted by molar-refractivity contribution is -0.132. The standard InChI is InChI=1S/C20H20BrFN2O3/c1-23(12-14-10-15(21)7-8-18(14)22)20(26)13-27-17-5-2-4-16(11-17)24-9-3-6-19(24)25/h2,4-5,7-8,10-11H,3,6,9,12-13H2,1H3. The minimum atomic E-state index is -0.359. The van der Waals surface area contributed by atoms with E-state index >= 15 is 0 Å². The van der Waals surface area contributed by atoms with Gasteiger partial charge in [-0.05, 0) is 36.8 Å². The summed E-state index contributed by atoms with van der Waals surface area (Å²) in [6.45, 7) is 0.682. The molecule has 0 atom stereocenters. The van der Waals surface area contributed by atoms with Crippen LogP contribution >= 0.6 is 15.9 Å². The van der Waals surface area contributed by atoms with Crippen LogP contribution in [-0.2, 0) is 16.1 Å². The van der Waals surface area contributed by atoms with E-state index in [-0.39, 0.29) is 30.8 Å². The highest BCUT2D eigenvalue weighted by Crippen LogP contribution is 2.25. The molecule has 5 nitrogen and oxygen atoms in total. The summed E-state index contributed by atoms with van der Waals surface area (Å²) in [4.78, 5) is 27.3. The summed E-state index contributed by atoms with van der Waals surface area (Å²) >= 11 is 3.30. The van der Waals surface area contributed by atoms with E-state index in [0.29, 0.717) is 24.3 Å². The molecule has 1 fully saturated rings. The second kappa shape index (κ2) is 8.52. The molecule has 0 radical (unpaired) electrons. The lowest BCUT2D eigenvalue weighted by atomic mass is 10.2. The van der Waals surface area contributed by atoms with Gasteiger partial charge in [-0.3, -0.25) is 9.59 Å². The van der Waals surface area contributed by atoms with E-state index in [2.05, 4.69) is 15.9 Å². The van der Waals surface area contributed by atoms with Gasteiger partial charge < -0.3 is 14.5 Å². The SMILES string of the molecule is CN(Cc1cc(Br)ccc1F)C(=O)COc1cccc(N2CCCC2=O)c1. The third kappa shape index (κ3) is 4.86. The fourth-order valence-electron chi connectivity index (χ4n) is 2.93. The Kier molecular flexibility index (Phi) is 6.11. The monoisotopic (exact) mass is 434 g/mol. The van der Waals surface area contributed by atoms with Crippen LogP contribution in [0.1, 0.15) is 18.4 Å². The Morgan fingerprint density at radius 3 is 2.85 bits per heavy atom. The molecule has 142 valence electrons. The predicted octanol–water partition coefficient (Wildman–Crippen LogP) is 3.75. The van der Waals surface area contributed by atoms with Crippen molar-refractivity contribution in [2.24, 2.45) is 0 Å². The number of likely N-dealkylation sites (N-methyl/N-ethyl adjacent to an activating group) is 1. The third-order valence-corrected chi connectivity index (χ3v) is 4.90. The van der Waals surface area contributed by atoms with Gasteiger partial charge in [0.1, 0.15) is 11.6 Å². The van der Waals surface area contributed by atoms with Crippen molar-refractivity contribution in [3.05, 3.63) is 58.3 Å². The Morgan fingerprint density at radius 2 is 2.11 bits per heavy atom. The first-order valence-electron chi connectivity index (χ1n) is 8.65. The molecule has 1 saturated heterocycles. The summed E-state index contributed by atoms with van der Waals surface area (Å²) in [5.74, 6) is -0.0135. The van der Waals surface area contributed by atoms with Gasteiger partial charge in [-0.1, -0.05) is 22.0 Å². The number of halogens is 2. The van der Waals surface area contributed by atoms with E-state index in [1.807, 2.05) is 6.07 Å². The number of carbonyl (C=O) groups is 2. The van der Waals surface area contributed by atoms with Crippen molar-refractivity contribution < 1.29 is 18.7 Å². The van der Waals surface area contributed by atoms with Gasteiger partial charge in [-0.2, -0.15) is 0 Å². The van der Waals surface area contributed by atoms with Gasteiger partial charge in [-0.15, -0.1) is 0 Å². The van der Waals surface area contributed by atoms with Crippen molar-refractivity contribution in [2.45, 2.75) is 19.4 Å². The van der Waals surface area contributed by atoms with E-state index in [0.717, 1.165) is 16.6 Å². The smallest absolute Gasteiger partial charge is 0.260 e. The minimum absolute atomic E-state index is 0.0963. The molecule has 0 bridgehead atoms. The van der Waals surface area contributed by atoms with Crippen LogP contribution in [0.3, 0.4) is 0 Å². The van der Waals surface area contributed by atoms with Gasteiger partial charge in [-0.25, -0.2) is 4.39 Å². The molecule has 2 aromatic rings. The maximum Gasteiger partial charge on any atom is 0.260 e. The van der Waals surface area contributed by atoms with Crippen LogP contribution in [0.15, 0.2) is 46.9 Å². The Hall–Kier alpha value is -2.41. The van der Waals surface area contributed by atoms with Crippen molar-refractivity contribution in [3.8, 4) is 5.75 Å². The number of benzene rings is 2. The zero-order valence-electron chi connectivity index (χ0n) is 15.0. The molecule has 0 aliphatic carbocycles. The van der Waals surface area contributed by atoms with E-state index in [9.17, 15) is 14.0 Å². The predicted molar refractivity (Wildman–Crippen MR) is 104 cm³/mol. The summed E-state index contributed by atoms with van der Waals surface area (Å²) in [6, 6.07) is 11.8.